The molecule has 0 aromatic heterocycles. The second-order valence-corrected chi connectivity index (χ2v) is 6.57. The van der Waals surface area contributed by atoms with Crippen LogP contribution in [-0.2, 0) is 0 Å². The van der Waals surface area contributed by atoms with Gasteiger partial charge < -0.3 is 10.5 Å². The van der Waals surface area contributed by atoms with Gasteiger partial charge in [-0.15, -0.1) is 0 Å². The smallest absolute Gasteiger partial charge is 0.127 e. The summed E-state index contributed by atoms with van der Waals surface area (Å²) in [6.07, 6.45) is 0.369. The van der Waals surface area contributed by atoms with Gasteiger partial charge in [0.15, 0.2) is 0 Å². The molecule has 1 aliphatic heterocycles. The number of halogens is 3. The molecule has 3 rings (SSSR count). The molecule has 0 radical (unpaired) electrons. The third-order valence-electron chi connectivity index (χ3n) is 3.42. The highest BCUT2D eigenvalue weighted by molar-refractivity contribution is 9.10. The number of hydrogen-bond acceptors (Lipinski definition) is 2. The molecule has 2 nitrogen and oxygen atoms in total. The molecule has 1 aliphatic rings. The molecule has 0 saturated heterocycles. The van der Waals surface area contributed by atoms with Crippen molar-refractivity contribution in [3.63, 3.8) is 0 Å². The normalized spacial score (nSPS) is 21.2. The molecule has 5 heteroatoms. The summed E-state index contributed by atoms with van der Waals surface area (Å²) in [7, 11) is 0. The van der Waals surface area contributed by atoms with E-state index >= 15 is 0 Å². The monoisotopic (exact) mass is 399 g/mol. The highest BCUT2D eigenvalue weighted by Crippen LogP contribution is 2.42. The molecule has 0 amide bonds. The fourth-order valence-corrected chi connectivity index (χ4v) is 3.27. The summed E-state index contributed by atoms with van der Waals surface area (Å²) in [5, 5.41) is 0. The van der Waals surface area contributed by atoms with Gasteiger partial charge in [-0.25, -0.2) is 4.39 Å². The van der Waals surface area contributed by atoms with E-state index in [9.17, 15) is 4.39 Å². The SMILES string of the molecule is NC1CC(c2cc(F)ccc2Br)Oc2cc(Br)ccc21. The summed E-state index contributed by atoms with van der Waals surface area (Å²) in [5.41, 5.74) is 7.97. The number of hydrogen-bond donors (Lipinski definition) is 1. The zero-order chi connectivity index (χ0) is 14.3. The fourth-order valence-electron chi connectivity index (χ4n) is 2.43. The maximum absolute atomic E-state index is 13.4. The lowest BCUT2D eigenvalue weighted by molar-refractivity contribution is 0.160. The lowest BCUT2D eigenvalue weighted by Crippen LogP contribution is -2.24. The van der Waals surface area contributed by atoms with Crippen molar-refractivity contribution in [3.8, 4) is 5.75 Å². The Hall–Kier alpha value is -0.910. The van der Waals surface area contributed by atoms with Crippen molar-refractivity contribution in [2.24, 2.45) is 5.73 Å². The van der Waals surface area contributed by atoms with Crippen molar-refractivity contribution in [2.45, 2.75) is 18.6 Å². The van der Waals surface area contributed by atoms with Crippen LogP contribution in [0, 0.1) is 5.82 Å². The molecule has 0 spiro atoms. The van der Waals surface area contributed by atoms with E-state index < -0.39 is 0 Å². The average Bonchev–Trinajstić information content (AvgIpc) is 2.41. The Morgan fingerprint density at radius 2 is 1.90 bits per heavy atom. The molecular formula is C15H12Br2FNO. The summed E-state index contributed by atoms with van der Waals surface area (Å²) >= 11 is 6.87. The predicted octanol–water partition coefficient (Wildman–Crippen LogP) is 4.87. The largest absolute Gasteiger partial charge is 0.485 e. The van der Waals surface area contributed by atoms with Gasteiger partial charge in [0, 0.05) is 32.5 Å². The first-order chi connectivity index (χ1) is 9.54. The minimum Gasteiger partial charge on any atom is -0.485 e. The third-order valence-corrected chi connectivity index (χ3v) is 4.63. The number of ether oxygens (including phenoxy) is 1. The van der Waals surface area contributed by atoms with Gasteiger partial charge in [-0.2, -0.15) is 0 Å². The van der Waals surface area contributed by atoms with E-state index in [2.05, 4.69) is 31.9 Å². The zero-order valence-electron chi connectivity index (χ0n) is 10.4. The molecule has 104 valence electrons. The van der Waals surface area contributed by atoms with E-state index in [4.69, 9.17) is 10.5 Å². The number of rotatable bonds is 1. The molecule has 2 aromatic carbocycles. The maximum atomic E-state index is 13.4. The van der Waals surface area contributed by atoms with Crippen LogP contribution in [0.1, 0.15) is 29.7 Å². The van der Waals surface area contributed by atoms with Gasteiger partial charge in [-0.05, 0) is 30.3 Å². The van der Waals surface area contributed by atoms with Gasteiger partial charge in [0.25, 0.3) is 0 Å². The molecule has 0 aliphatic carbocycles. The Kier molecular flexibility index (Phi) is 3.84. The van der Waals surface area contributed by atoms with E-state index in [1.54, 1.807) is 6.07 Å². The van der Waals surface area contributed by atoms with Gasteiger partial charge >= 0.3 is 0 Å². The summed E-state index contributed by atoms with van der Waals surface area (Å²) in [6.45, 7) is 0. The van der Waals surface area contributed by atoms with Crippen LogP contribution in [0.25, 0.3) is 0 Å². The molecule has 0 saturated carbocycles. The molecule has 2 N–H and O–H groups in total. The Labute approximate surface area is 133 Å². The van der Waals surface area contributed by atoms with Crippen LogP contribution in [0.15, 0.2) is 45.3 Å². The van der Waals surface area contributed by atoms with Crippen LogP contribution >= 0.6 is 31.9 Å². The Balaban J connectivity index is 2.00. The van der Waals surface area contributed by atoms with Crippen molar-refractivity contribution in [3.05, 3.63) is 62.3 Å². The Morgan fingerprint density at radius 1 is 1.10 bits per heavy atom. The lowest BCUT2D eigenvalue weighted by Gasteiger charge is -2.31. The molecule has 0 fully saturated rings. The van der Waals surface area contributed by atoms with E-state index in [1.165, 1.54) is 12.1 Å². The van der Waals surface area contributed by atoms with E-state index in [0.29, 0.717) is 6.42 Å². The Bertz CT molecular complexity index is 662. The summed E-state index contributed by atoms with van der Waals surface area (Å²) in [5.74, 6) is 0.472. The third kappa shape index (κ3) is 2.62. The molecule has 20 heavy (non-hydrogen) atoms. The number of benzene rings is 2. The van der Waals surface area contributed by atoms with Crippen LogP contribution < -0.4 is 10.5 Å². The molecule has 2 atom stereocenters. The first-order valence-electron chi connectivity index (χ1n) is 6.21. The molecule has 0 bridgehead atoms. The molecular weight excluding hydrogens is 389 g/mol. The first-order valence-corrected chi connectivity index (χ1v) is 7.80. The number of nitrogens with two attached hydrogens (primary N) is 1. The zero-order valence-corrected chi connectivity index (χ0v) is 13.6. The van der Waals surface area contributed by atoms with Gasteiger partial charge in [-0.3, -0.25) is 0 Å². The van der Waals surface area contributed by atoms with Crippen molar-refractivity contribution in [1.82, 2.24) is 0 Å². The fraction of sp³-hybridized carbons (Fsp3) is 0.200. The predicted molar refractivity (Wildman–Crippen MR) is 83.2 cm³/mol. The van der Waals surface area contributed by atoms with Crippen LogP contribution in [0.5, 0.6) is 5.75 Å². The van der Waals surface area contributed by atoms with Crippen molar-refractivity contribution in [2.75, 3.05) is 0 Å². The highest BCUT2D eigenvalue weighted by Gasteiger charge is 2.28. The maximum Gasteiger partial charge on any atom is 0.127 e. The van der Waals surface area contributed by atoms with Gasteiger partial charge in [0.1, 0.15) is 17.7 Å². The van der Waals surface area contributed by atoms with Gasteiger partial charge in [-0.1, -0.05) is 37.9 Å². The first kappa shape index (κ1) is 14.0. The summed E-state index contributed by atoms with van der Waals surface area (Å²) in [6, 6.07) is 10.3. The lowest BCUT2D eigenvalue weighted by atomic mass is 9.93. The summed E-state index contributed by atoms with van der Waals surface area (Å²) in [4.78, 5) is 0. The Morgan fingerprint density at radius 3 is 2.70 bits per heavy atom. The quantitative estimate of drug-likeness (QED) is 0.740. The van der Waals surface area contributed by atoms with Gasteiger partial charge in [0.05, 0.1) is 0 Å². The van der Waals surface area contributed by atoms with Crippen molar-refractivity contribution in [1.29, 1.82) is 0 Å². The van der Waals surface area contributed by atoms with Gasteiger partial charge in [0.2, 0.25) is 0 Å². The molecule has 2 aromatic rings. The second-order valence-electron chi connectivity index (χ2n) is 4.80. The minimum atomic E-state index is -0.277. The van der Waals surface area contributed by atoms with E-state index in [0.717, 1.165) is 25.8 Å². The van der Waals surface area contributed by atoms with Crippen LogP contribution in [0.2, 0.25) is 0 Å². The van der Waals surface area contributed by atoms with E-state index in [1.807, 2.05) is 18.2 Å². The molecule has 1 heterocycles. The number of fused-ring (bicyclic) bond motifs is 1. The van der Waals surface area contributed by atoms with Crippen LogP contribution in [0.3, 0.4) is 0 Å². The van der Waals surface area contributed by atoms with Crippen molar-refractivity contribution >= 4 is 31.9 Å². The summed E-state index contributed by atoms with van der Waals surface area (Å²) < 4.78 is 21.2. The van der Waals surface area contributed by atoms with Crippen LogP contribution in [-0.4, -0.2) is 0 Å². The second kappa shape index (κ2) is 5.47. The minimum absolute atomic E-state index is 0.119. The highest BCUT2D eigenvalue weighted by atomic mass is 79.9. The standard InChI is InChI=1S/C15H12Br2FNO/c16-8-1-3-10-13(19)7-15(20-14(10)5-8)11-6-9(18)2-4-12(11)17/h1-6,13,15H,7,19H2. The van der Waals surface area contributed by atoms with Crippen LogP contribution in [0.4, 0.5) is 4.39 Å². The van der Waals surface area contributed by atoms with Crippen molar-refractivity contribution < 1.29 is 9.13 Å². The average molecular weight is 401 g/mol. The molecule has 2 unspecified atom stereocenters. The topological polar surface area (TPSA) is 35.2 Å². The van der Waals surface area contributed by atoms with E-state index in [-0.39, 0.29) is 18.0 Å².